The Morgan fingerprint density at radius 1 is 1.32 bits per heavy atom. The number of nitrogens with zero attached hydrogens (tertiary/aromatic N) is 2. The van der Waals surface area contributed by atoms with Gasteiger partial charge in [-0.05, 0) is 31.6 Å². The van der Waals surface area contributed by atoms with Crippen molar-refractivity contribution in [3.05, 3.63) is 47.7 Å². The van der Waals surface area contributed by atoms with Gasteiger partial charge in [0.15, 0.2) is 0 Å². The predicted molar refractivity (Wildman–Crippen MR) is 122 cm³/mol. The minimum Gasteiger partial charge on any atom is -0.459 e. The molecular formula is C21H30F2N3O7P. The zero-order valence-electron chi connectivity index (χ0n) is 19.4. The Hall–Kier alpha value is -2.50. The maximum atomic E-state index is 14.5. The summed E-state index contributed by atoms with van der Waals surface area (Å²) in [6.07, 6.45) is -0.633. The molecule has 3 N–H and O–H groups in total. The first-order chi connectivity index (χ1) is 16.0. The summed E-state index contributed by atoms with van der Waals surface area (Å²) in [5.41, 5.74) is 6.13. The van der Waals surface area contributed by atoms with Crippen LogP contribution in [0.1, 0.15) is 36.2 Å². The van der Waals surface area contributed by atoms with Crippen molar-refractivity contribution in [2.45, 2.75) is 45.1 Å². The fourth-order valence-corrected chi connectivity index (χ4v) is 3.09. The summed E-state index contributed by atoms with van der Waals surface area (Å²) < 4.78 is 49.5. The molecule has 0 aliphatic rings. The maximum absolute atomic E-state index is 14.5. The largest absolute Gasteiger partial charge is 0.459 e. The molecule has 1 aromatic rings. The van der Waals surface area contributed by atoms with E-state index in [1.54, 1.807) is 38.1 Å². The maximum Gasteiger partial charge on any atom is 0.338 e. The van der Waals surface area contributed by atoms with Gasteiger partial charge in [-0.2, -0.15) is 8.78 Å². The molecule has 0 heterocycles. The lowest BCUT2D eigenvalue weighted by atomic mass is 10.1. The molecule has 0 saturated heterocycles. The highest BCUT2D eigenvalue weighted by atomic mass is 31.2. The van der Waals surface area contributed by atoms with E-state index in [1.165, 1.54) is 14.2 Å². The number of alkyl halides is 2. The van der Waals surface area contributed by atoms with Gasteiger partial charge in [0, 0.05) is 20.4 Å². The summed E-state index contributed by atoms with van der Waals surface area (Å²) in [6, 6.07) is 2.88. The smallest absolute Gasteiger partial charge is 0.338 e. The van der Waals surface area contributed by atoms with Crippen LogP contribution in [0.2, 0.25) is 0 Å². The number of hydrogen-bond donors (Lipinski definition) is 2. The van der Waals surface area contributed by atoms with Crippen LogP contribution in [0.5, 0.6) is 0 Å². The number of aliphatic imine (C=N–C) groups is 1. The molecule has 10 nitrogen and oxygen atoms in total. The van der Waals surface area contributed by atoms with Crippen molar-refractivity contribution < 1.29 is 41.8 Å². The fraction of sp³-hybridized carbons (Fsp3) is 0.476. The van der Waals surface area contributed by atoms with Gasteiger partial charge in [0.2, 0.25) is 6.41 Å². The lowest BCUT2D eigenvalue weighted by Crippen LogP contribution is -2.41. The molecule has 2 atom stereocenters. The highest BCUT2D eigenvalue weighted by Gasteiger charge is 2.38. The van der Waals surface area contributed by atoms with E-state index in [-0.39, 0.29) is 35.4 Å². The van der Waals surface area contributed by atoms with E-state index in [0.717, 1.165) is 12.3 Å². The second-order valence-corrected chi connectivity index (χ2v) is 8.11. The monoisotopic (exact) mass is 505 g/mol. The standard InChI is InChI=1S/C21H30F2N3O7P/c1-15(2)33-20(28)18-8-6-5-7-16(18)12-31-34(29)32-13-17(30-4)11-21(22,23)26(14-27)10-9-19(24)25-3/h5-10,14-15,17,29H,11-13H2,1-4H3,(H2,24,25)/b10-9-. The number of nitrogens with two attached hydrogens (primary N) is 1. The molecule has 0 aromatic heterocycles. The van der Waals surface area contributed by atoms with E-state index in [4.69, 9.17) is 24.3 Å². The molecule has 0 aliphatic heterocycles. The van der Waals surface area contributed by atoms with Crippen molar-refractivity contribution in [2.75, 3.05) is 20.8 Å². The van der Waals surface area contributed by atoms with Gasteiger partial charge in [0.05, 0.1) is 37.4 Å². The number of carbonyl (C=O) groups is 2. The molecule has 34 heavy (non-hydrogen) atoms. The number of carbonyl (C=O) groups excluding carboxylic acids is 2. The third-order valence-electron chi connectivity index (χ3n) is 4.24. The van der Waals surface area contributed by atoms with E-state index in [1.807, 2.05) is 0 Å². The van der Waals surface area contributed by atoms with Gasteiger partial charge in [-0.15, -0.1) is 0 Å². The van der Waals surface area contributed by atoms with Gasteiger partial charge in [0.25, 0.3) is 0 Å². The number of hydrogen-bond acceptors (Lipinski definition) is 8. The van der Waals surface area contributed by atoms with Crippen LogP contribution in [-0.4, -0.2) is 67.0 Å². The first-order valence-corrected chi connectivity index (χ1v) is 11.3. The Morgan fingerprint density at radius 3 is 2.59 bits per heavy atom. The molecule has 1 aromatic carbocycles. The third kappa shape index (κ3) is 10.2. The lowest BCUT2D eigenvalue weighted by molar-refractivity contribution is -0.164. The Bertz CT molecular complexity index is 855. The van der Waals surface area contributed by atoms with Crippen molar-refractivity contribution >= 4 is 26.8 Å². The molecule has 13 heteroatoms. The summed E-state index contributed by atoms with van der Waals surface area (Å²) in [4.78, 5) is 37.0. The molecule has 0 radical (unpaired) electrons. The average Bonchev–Trinajstić information content (AvgIpc) is 2.79. The SMILES string of the molecule is C/N=C(N)\C=C/N(C=O)C(F)(F)CC(COP(O)OCc1ccccc1C(=O)OC(C)C)OC. The van der Waals surface area contributed by atoms with Crippen molar-refractivity contribution in [2.24, 2.45) is 10.7 Å². The van der Waals surface area contributed by atoms with Gasteiger partial charge >= 0.3 is 20.6 Å². The number of methoxy groups -OCH3 is 1. The number of rotatable bonds is 15. The summed E-state index contributed by atoms with van der Waals surface area (Å²) in [5, 5.41) is 0. The molecule has 0 bridgehead atoms. The quantitative estimate of drug-likeness (QED) is 0.0929. The van der Waals surface area contributed by atoms with Gasteiger partial charge in [0.1, 0.15) is 5.84 Å². The Kier molecular flexibility index (Phi) is 12.8. The van der Waals surface area contributed by atoms with Crippen LogP contribution >= 0.6 is 8.60 Å². The van der Waals surface area contributed by atoms with E-state index in [2.05, 4.69) is 4.99 Å². The topological polar surface area (TPSA) is 133 Å². The van der Waals surface area contributed by atoms with Gasteiger partial charge in [-0.1, -0.05) is 18.2 Å². The Labute approximate surface area is 198 Å². The minimum atomic E-state index is -3.63. The number of esters is 1. The van der Waals surface area contributed by atoms with Crippen molar-refractivity contribution in [1.29, 1.82) is 0 Å². The van der Waals surface area contributed by atoms with Crippen LogP contribution in [0.15, 0.2) is 41.5 Å². The van der Waals surface area contributed by atoms with Crippen LogP contribution in [0.25, 0.3) is 0 Å². The van der Waals surface area contributed by atoms with Gasteiger partial charge < -0.3 is 29.1 Å². The van der Waals surface area contributed by atoms with E-state index in [0.29, 0.717) is 5.56 Å². The predicted octanol–water partition coefficient (Wildman–Crippen LogP) is 2.96. The number of benzene rings is 1. The van der Waals surface area contributed by atoms with E-state index >= 15 is 0 Å². The second-order valence-electron chi connectivity index (χ2n) is 7.12. The molecule has 1 rings (SSSR count). The van der Waals surface area contributed by atoms with Crippen molar-refractivity contribution in [1.82, 2.24) is 4.90 Å². The van der Waals surface area contributed by atoms with Crippen LogP contribution in [0.3, 0.4) is 0 Å². The van der Waals surface area contributed by atoms with Gasteiger partial charge in [-0.3, -0.25) is 14.7 Å². The number of amides is 1. The molecule has 1 amide bonds. The molecule has 190 valence electrons. The molecule has 0 aliphatic carbocycles. The first kappa shape index (κ1) is 29.5. The molecule has 0 fully saturated rings. The third-order valence-corrected chi connectivity index (χ3v) is 4.96. The van der Waals surface area contributed by atoms with Crippen LogP contribution < -0.4 is 5.73 Å². The Morgan fingerprint density at radius 2 is 2.00 bits per heavy atom. The summed E-state index contributed by atoms with van der Waals surface area (Å²) in [5.74, 6) is -0.587. The van der Waals surface area contributed by atoms with Crippen molar-refractivity contribution in [3.8, 4) is 0 Å². The first-order valence-electron chi connectivity index (χ1n) is 10.1. The molecule has 0 spiro atoms. The lowest BCUT2D eigenvalue weighted by Gasteiger charge is -2.28. The summed E-state index contributed by atoms with van der Waals surface area (Å²) >= 11 is 0. The number of ether oxygens (including phenoxy) is 2. The molecule has 2 unspecified atom stereocenters. The minimum absolute atomic E-state index is 0.0450. The van der Waals surface area contributed by atoms with Crippen LogP contribution in [0.4, 0.5) is 8.78 Å². The zero-order valence-corrected chi connectivity index (χ0v) is 20.3. The number of halogens is 2. The summed E-state index contributed by atoms with van der Waals surface area (Å²) in [6.45, 7) is 2.81. The highest BCUT2D eigenvalue weighted by Crippen LogP contribution is 2.36. The van der Waals surface area contributed by atoms with Gasteiger partial charge in [-0.25, -0.2) is 4.79 Å². The Balaban J connectivity index is 2.67. The highest BCUT2D eigenvalue weighted by molar-refractivity contribution is 7.40. The normalized spacial score (nSPS) is 14.3. The van der Waals surface area contributed by atoms with Crippen LogP contribution in [0, 0.1) is 0 Å². The fourth-order valence-electron chi connectivity index (χ4n) is 2.47. The van der Waals surface area contributed by atoms with Crippen molar-refractivity contribution in [3.63, 3.8) is 0 Å². The van der Waals surface area contributed by atoms with E-state index < -0.39 is 39.7 Å². The van der Waals surface area contributed by atoms with Crippen LogP contribution in [-0.2, 0) is 29.9 Å². The number of amidine groups is 1. The average molecular weight is 505 g/mol. The molecule has 0 saturated carbocycles. The van der Waals surface area contributed by atoms with E-state index in [9.17, 15) is 23.3 Å². The molecular weight excluding hydrogens is 475 g/mol. The summed E-state index contributed by atoms with van der Waals surface area (Å²) in [7, 11) is 0.0766. The zero-order chi connectivity index (χ0) is 25.7. The second kappa shape index (κ2) is 14.7.